The molecule has 78 heavy (non-hydrogen) atoms. The van der Waals surface area contributed by atoms with E-state index in [1.165, 1.54) is 55.2 Å². The molecular weight excluding hydrogens is 1050 g/mol. The van der Waals surface area contributed by atoms with E-state index in [2.05, 4.69) is 71.2 Å². The second kappa shape index (κ2) is 24.7. The number of nitrogens with zero attached hydrogens (tertiary/aromatic N) is 12. The first kappa shape index (κ1) is 54.6. The molecule has 3 amide bonds. The number of hydrogen-bond donors (Lipinski definition) is 5. The molecule has 0 atom stereocenters. The largest absolute Gasteiger partial charge is 0.476 e. The molecule has 25 nitrogen and oxygen atoms in total. The van der Waals surface area contributed by atoms with Gasteiger partial charge in [-0.1, -0.05) is 5.92 Å². The van der Waals surface area contributed by atoms with Crippen LogP contribution in [0.25, 0.3) is 22.9 Å². The summed E-state index contributed by atoms with van der Waals surface area (Å²) in [6, 6.07) is 16.3. The molecule has 0 saturated carbocycles. The number of ether oxygens (including phenoxy) is 2. The van der Waals surface area contributed by atoms with E-state index in [9.17, 15) is 41.9 Å². The van der Waals surface area contributed by atoms with Crippen LogP contribution in [0.5, 0.6) is 0 Å². The minimum Gasteiger partial charge on any atom is -0.476 e. The number of benzene rings is 1. The molecule has 0 aliphatic rings. The first-order chi connectivity index (χ1) is 37.5. The van der Waals surface area contributed by atoms with Crippen LogP contribution in [-0.2, 0) is 9.47 Å². The zero-order chi connectivity index (χ0) is 56.0. The van der Waals surface area contributed by atoms with Crippen LogP contribution in [0.1, 0.15) is 72.4 Å². The Morgan fingerprint density at radius 1 is 0.667 bits per heavy atom. The Bertz CT molecular complexity index is 3730. The molecular formula is C49H35F3N16O9S. The molecule has 0 radical (unpaired) electrons. The lowest BCUT2D eigenvalue weighted by atomic mass is 10.1. The molecule has 0 bridgehead atoms. The van der Waals surface area contributed by atoms with Gasteiger partial charge in [0.05, 0.1) is 48.1 Å². The normalized spacial score (nSPS) is 10.3. The van der Waals surface area contributed by atoms with Crippen LogP contribution in [0, 0.1) is 36.8 Å². The van der Waals surface area contributed by atoms with Gasteiger partial charge >= 0.3 is 17.9 Å². The Hall–Kier alpha value is -11.2. The maximum atomic E-state index is 13.6. The Balaban J connectivity index is 0.000000170. The maximum absolute atomic E-state index is 13.6. The van der Waals surface area contributed by atoms with Gasteiger partial charge in [0.15, 0.2) is 46.0 Å². The number of methoxy groups -OCH3 is 2. The number of nitrogens with two attached hydrogens (primary N) is 1. The van der Waals surface area contributed by atoms with Gasteiger partial charge in [-0.25, -0.2) is 43.1 Å². The highest BCUT2D eigenvalue weighted by molar-refractivity contribution is 7.14. The molecule has 9 aromatic rings. The predicted molar refractivity (Wildman–Crippen MR) is 269 cm³/mol. The summed E-state index contributed by atoms with van der Waals surface area (Å²) in [5.41, 5.74) is 5.24. The SMILES string of the molecule is C#Cc1cc(NC(=O)c2ccc(-n3ccnc3)nn2)c(C(=O)O)nc1F.COC(=O)c1cc(F)c(F)cc1NC(=O)c1ccc(-c2ccnc(N)c2)nn1.COC(=O)c1sc(C)cc1NC(=O)c1ccc(-n2ccnc2)nn1. The highest BCUT2D eigenvalue weighted by Crippen LogP contribution is 2.28. The van der Waals surface area contributed by atoms with E-state index in [0.717, 1.165) is 18.1 Å². The van der Waals surface area contributed by atoms with Gasteiger partial charge < -0.3 is 36.3 Å². The summed E-state index contributed by atoms with van der Waals surface area (Å²) in [6.45, 7) is 1.84. The van der Waals surface area contributed by atoms with Gasteiger partial charge in [0.2, 0.25) is 5.95 Å². The molecule has 8 heterocycles. The molecule has 0 saturated heterocycles. The Labute approximate surface area is 440 Å². The number of amides is 3. The van der Waals surface area contributed by atoms with E-state index >= 15 is 0 Å². The quantitative estimate of drug-likeness (QED) is 0.0561. The van der Waals surface area contributed by atoms with E-state index in [-0.39, 0.29) is 39.6 Å². The first-order valence-electron chi connectivity index (χ1n) is 21.8. The molecule has 29 heteroatoms. The average molecular weight is 1080 g/mol. The summed E-state index contributed by atoms with van der Waals surface area (Å²) in [5.74, 6) is -5.25. The highest BCUT2D eigenvalue weighted by Gasteiger charge is 2.23. The van der Waals surface area contributed by atoms with E-state index in [0.29, 0.717) is 51.4 Å². The van der Waals surface area contributed by atoms with Crippen molar-refractivity contribution in [2.45, 2.75) is 6.92 Å². The summed E-state index contributed by atoms with van der Waals surface area (Å²) < 4.78 is 53.0. The molecule has 6 N–H and O–H groups in total. The van der Waals surface area contributed by atoms with Gasteiger partial charge in [0, 0.05) is 47.5 Å². The molecule has 0 fully saturated rings. The number of terminal acetylenes is 1. The molecule has 0 spiro atoms. The minimum atomic E-state index is -1.52. The number of halogens is 3. The van der Waals surface area contributed by atoms with Crippen LogP contribution in [0.15, 0.2) is 116 Å². The average Bonchev–Trinajstić information content (AvgIpc) is 4.28. The van der Waals surface area contributed by atoms with Crippen LogP contribution in [0.4, 0.5) is 36.1 Å². The second-order valence-electron chi connectivity index (χ2n) is 15.2. The maximum Gasteiger partial charge on any atom is 0.356 e. The van der Waals surface area contributed by atoms with Crippen LogP contribution < -0.4 is 21.7 Å². The number of hydrogen-bond acceptors (Lipinski definition) is 20. The summed E-state index contributed by atoms with van der Waals surface area (Å²) in [4.78, 5) is 87.8. The number of imidazole rings is 2. The number of thiophene rings is 1. The van der Waals surface area contributed by atoms with Crippen LogP contribution in [-0.4, -0.2) is 115 Å². The summed E-state index contributed by atoms with van der Waals surface area (Å²) >= 11 is 1.25. The lowest BCUT2D eigenvalue weighted by molar-refractivity contribution is 0.0594. The number of nitrogens with one attached hydrogen (secondary N) is 3. The smallest absolute Gasteiger partial charge is 0.356 e. The van der Waals surface area contributed by atoms with E-state index in [4.69, 9.17) is 22.0 Å². The van der Waals surface area contributed by atoms with Crippen LogP contribution in [0.2, 0.25) is 0 Å². The topological polar surface area (TPSA) is 342 Å². The van der Waals surface area contributed by atoms with Crippen LogP contribution in [0.3, 0.4) is 0 Å². The second-order valence-corrected chi connectivity index (χ2v) is 16.5. The lowest BCUT2D eigenvalue weighted by Gasteiger charge is -2.10. The van der Waals surface area contributed by atoms with Crippen molar-refractivity contribution in [1.82, 2.24) is 59.7 Å². The molecule has 8 aromatic heterocycles. The predicted octanol–water partition coefficient (Wildman–Crippen LogP) is 5.64. The number of aromatic carboxylic acids is 1. The lowest BCUT2D eigenvalue weighted by Crippen LogP contribution is -2.18. The van der Waals surface area contributed by atoms with Crippen molar-refractivity contribution >= 4 is 69.8 Å². The third-order valence-corrected chi connectivity index (χ3v) is 11.1. The van der Waals surface area contributed by atoms with Gasteiger partial charge in [-0.3, -0.25) is 23.5 Å². The number of rotatable bonds is 12. The van der Waals surface area contributed by atoms with Crippen molar-refractivity contribution in [1.29, 1.82) is 0 Å². The fourth-order valence-electron chi connectivity index (χ4n) is 6.36. The third kappa shape index (κ3) is 13.3. The molecule has 0 unspecified atom stereocenters. The monoisotopic (exact) mass is 1080 g/mol. The summed E-state index contributed by atoms with van der Waals surface area (Å²) in [7, 11) is 2.37. The highest BCUT2D eigenvalue weighted by atomic mass is 32.1. The number of esters is 2. The number of nitrogen functional groups attached to an aromatic ring is 1. The van der Waals surface area contributed by atoms with E-state index < -0.39 is 58.9 Å². The van der Waals surface area contributed by atoms with Gasteiger partial charge in [0.1, 0.15) is 23.3 Å². The van der Waals surface area contributed by atoms with Crippen LogP contribution >= 0.6 is 11.3 Å². The van der Waals surface area contributed by atoms with Gasteiger partial charge in [-0.05, 0) is 73.7 Å². The number of carbonyl (C=O) groups is 6. The number of carboxylic acids is 1. The Kier molecular flexibility index (Phi) is 17.3. The van der Waals surface area contributed by atoms with Gasteiger partial charge in [-0.15, -0.1) is 48.4 Å². The van der Waals surface area contributed by atoms with Gasteiger partial charge in [0.25, 0.3) is 17.7 Å². The minimum absolute atomic E-state index is 0.0863. The fourth-order valence-corrected chi connectivity index (χ4v) is 7.25. The third-order valence-electron chi connectivity index (χ3n) is 10.0. The zero-order valence-electron chi connectivity index (χ0n) is 40.2. The molecule has 0 aliphatic carbocycles. The Morgan fingerprint density at radius 3 is 1.71 bits per heavy atom. The number of pyridine rings is 2. The first-order valence-corrected chi connectivity index (χ1v) is 22.6. The van der Waals surface area contributed by atoms with Crippen molar-refractivity contribution in [2.75, 3.05) is 35.9 Å². The summed E-state index contributed by atoms with van der Waals surface area (Å²) in [5, 5.41) is 39.7. The Morgan fingerprint density at radius 2 is 1.22 bits per heavy atom. The van der Waals surface area contributed by atoms with Crippen molar-refractivity contribution in [3.8, 4) is 35.2 Å². The van der Waals surface area contributed by atoms with E-state index in [1.54, 1.807) is 70.6 Å². The van der Waals surface area contributed by atoms with Gasteiger partial charge in [-0.2, -0.15) is 4.39 Å². The number of carboxylic acid groups (broad SMARTS) is 1. The van der Waals surface area contributed by atoms with Crippen molar-refractivity contribution in [3.05, 3.63) is 178 Å². The zero-order valence-corrected chi connectivity index (χ0v) is 41.1. The molecule has 0 aliphatic heterocycles. The summed E-state index contributed by atoms with van der Waals surface area (Å²) in [6.07, 6.45) is 16.3. The number of aromatic nitrogens is 12. The van der Waals surface area contributed by atoms with Crippen molar-refractivity contribution in [3.63, 3.8) is 0 Å². The molecule has 9 rings (SSSR count). The molecule has 392 valence electrons. The fraction of sp³-hybridized carbons (Fsp3) is 0.0612. The number of anilines is 4. The number of aryl methyl sites for hydroxylation is 1. The number of carbonyl (C=O) groups excluding carboxylic acids is 5. The van der Waals surface area contributed by atoms with E-state index in [1.807, 2.05) is 12.8 Å². The molecule has 1 aromatic carbocycles. The van der Waals surface area contributed by atoms with Crippen molar-refractivity contribution in [2.24, 2.45) is 0 Å². The standard InChI is InChI=1S/C18H13F2N5O3.C16H9FN6O3.C15H13N5O3S/c1-28-18(27)10-7-11(19)12(20)8-15(10)23-17(26)14-3-2-13(24-25-14)9-4-5-22-16(21)6-9;1-2-9-7-11(13(16(25)26)20-14(9)17)19-15(24)10-3-4-12(22-21-10)23-6-5-18-8-23;1-9-7-11(13(24-9)15(22)23-2)17-14(21)10-3-4-12(19-18-10)20-6-5-16-8-20/h2-8H,1H3,(H2,21,22)(H,23,26);1,3-8H,(H,19,24)(H,25,26);3-8H,1-2H3,(H,17,21). The van der Waals surface area contributed by atoms with Crippen molar-refractivity contribution < 1.29 is 56.5 Å².